The van der Waals surface area contributed by atoms with E-state index in [4.69, 9.17) is 23.2 Å². The lowest BCUT2D eigenvalue weighted by atomic mass is 10.0. The lowest BCUT2D eigenvalue weighted by Crippen LogP contribution is -2.39. The van der Waals surface area contributed by atoms with Gasteiger partial charge < -0.3 is 15.4 Å². The summed E-state index contributed by atoms with van der Waals surface area (Å²) in [4.78, 5) is 12.1. The molecule has 1 aromatic carbocycles. The van der Waals surface area contributed by atoms with Crippen molar-refractivity contribution in [3.05, 3.63) is 22.2 Å². The Kier molecular flexibility index (Phi) is 5.24. The van der Waals surface area contributed by atoms with Crippen molar-refractivity contribution in [1.82, 2.24) is 5.32 Å². The molecule has 1 aromatic rings. The number of rotatable bonds is 4. The van der Waals surface area contributed by atoms with Gasteiger partial charge in [0, 0.05) is 5.69 Å². The molecule has 8 heteroatoms. The fourth-order valence-corrected chi connectivity index (χ4v) is 2.82. The maximum atomic E-state index is 12.2. The predicted molar refractivity (Wildman–Crippen MR) is 77.3 cm³/mol. The van der Waals surface area contributed by atoms with Gasteiger partial charge in [-0.2, -0.15) is 8.78 Å². The maximum absolute atomic E-state index is 12.2. The first-order chi connectivity index (χ1) is 9.88. The second kappa shape index (κ2) is 6.77. The summed E-state index contributed by atoms with van der Waals surface area (Å²) in [5.41, 5.74) is 0.331. The number of carbonyl (C=O) groups is 1. The number of carbonyl (C=O) groups excluding carboxylic acids is 1. The number of anilines is 1. The summed E-state index contributed by atoms with van der Waals surface area (Å²) in [6, 6.07) is 2.35. The van der Waals surface area contributed by atoms with Crippen LogP contribution in [0.1, 0.15) is 13.3 Å². The summed E-state index contributed by atoms with van der Waals surface area (Å²) in [5, 5.41) is 5.57. The minimum absolute atomic E-state index is 0.0921. The summed E-state index contributed by atoms with van der Waals surface area (Å²) >= 11 is 11.7. The molecule has 0 radical (unpaired) electrons. The lowest BCUT2D eigenvalue weighted by molar-refractivity contribution is -0.118. The highest BCUT2D eigenvalue weighted by Crippen LogP contribution is 2.37. The number of hydrogen-bond donors (Lipinski definition) is 2. The molecule has 21 heavy (non-hydrogen) atoms. The molecule has 1 aliphatic heterocycles. The van der Waals surface area contributed by atoms with E-state index in [1.807, 2.05) is 6.92 Å². The van der Waals surface area contributed by atoms with Gasteiger partial charge in [-0.05, 0) is 31.0 Å². The van der Waals surface area contributed by atoms with Gasteiger partial charge in [0.1, 0.15) is 0 Å². The Morgan fingerprint density at radius 2 is 2.05 bits per heavy atom. The number of alkyl halides is 2. The molecule has 0 saturated carbocycles. The number of hydrogen-bond acceptors (Lipinski definition) is 3. The fourth-order valence-electron chi connectivity index (χ4n) is 2.24. The van der Waals surface area contributed by atoms with E-state index in [0.717, 1.165) is 13.0 Å². The predicted octanol–water partition coefficient (Wildman–Crippen LogP) is 3.53. The van der Waals surface area contributed by atoms with Crippen LogP contribution >= 0.6 is 23.2 Å². The SMILES string of the molecule is CC1CCNC1C(=O)Nc1cc(Cl)c(OC(F)F)c(Cl)c1. The lowest BCUT2D eigenvalue weighted by Gasteiger charge is -2.16. The normalized spacial score (nSPS) is 21.6. The Hall–Kier alpha value is -1.11. The molecule has 2 atom stereocenters. The van der Waals surface area contributed by atoms with E-state index in [-0.39, 0.29) is 33.7 Å². The maximum Gasteiger partial charge on any atom is 0.387 e. The summed E-state index contributed by atoms with van der Waals surface area (Å²) in [6.07, 6.45) is 0.917. The van der Waals surface area contributed by atoms with Crippen molar-refractivity contribution >= 4 is 34.8 Å². The molecule has 116 valence electrons. The molecular weight excluding hydrogens is 325 g/mol. The van der Waals surface area contributed by atoms with Gasteiger partial charge >= 0.3 is 6.61 Å². The standard InChI is InChI=1S/C13H14Cl2F2N2O2/c1-6-2-3-18-10(6)12(20)19-7-4-8(14)11(9(15)5-7)21-13(16)17/h4-6,10,13,18H,2-3H2,1H3,(H,19,20). The van der Waals surface area contributed by atoms with Crippen molar-refractivity contribution in [1.29, 1.82) is 0 Å². The van der Waals surface area contributed by atoms with Crippen LogP contribution in [-0.2, 0) is 4.79 Å². The van der Waals surface area contributed by atoms with Crippen molar-refractivity contribution < 1.29 is 18.3 Å². The first kappa shape index (κ1) is 16.3. The zero-order valence-corrected chi connectivity index (χ0v) is 12.6. The van der Waals surface area contributed by atoms with Crippen LogP contribution in [0.25, 0.3) is 0 Å². The molecule has 0 aromatic heterocycles. The third-order valence-electron chi connectivity index (χ3n) is 3.29. The Morgan fingerprint density at radius 3 is 2.52 bits per heavy atom. The van der Waals surface area contributed by atoms with Crippen LogP contribution in [0.2, 0.25) is 10.0 Å². The van der Waals surface area contributed by atoms with Gasteiger partial charge in [0.15, 0.2) is 5.75 Å². The van der Waals surface area contributed by atoms with Gasteiger partial charge in [-0.1, -0.05) is 30.1 Å². The molecule has 2 unspecified atom stereocenters. The monoisotopic (exact) mass is 338 g/mol. The number of amides is 1. The molecule has 1 heterocycles. The van der Waals surface area contributed by atoms with Gasteiger partial charge in [-0.3, -0.25) is 4.79 Å². The molecule has 1 saturated heterocycles. The van der Waals surface area contributed by atoms with E-state index >= 15 is 0 Å². The zero-order chi connectivity index (χ0) is 15.6. The highest BCUT2D eigenvalue weighted by molar-refractivity contribution is 6.37. The first-order valence-electron chi connectivity index (χ1n) is 6.36. The number of ether oxygens (including phenoxy) is 1. The van der Waals surface area contributed by atoms with Crippen LogP contribution in [0, 0.1) is 5.92 Å². The highest BCUT2D eigenvalue weighted by atomic mass is 35.5. The van der Waals surface area contributed by atoms with Gasteiger partial charge in [0.25, 0.3) is 0 Å². The minimum atomic E-state index is -3.02. The van der Waals surface area contributed by atoms with Crippen molar-refractivity contribution in [3.63, 3.8) is 0 Å². The summed E-state index contributed by atoms with van der Waals surface area (Å²) in [5.74, 6) is -0.300. The Labute approximate surface area is 130 Å². The minimum Gasteiger partial charge on any atom is -0.432 e. The van der Waals surface area contributed by atoms with Crippen molar-refractivity contribution in [2.45, 2.75) is 26.0 Å². The molecular formula is C13H14Cl2F2N2O2. The Bertz CT molecular complexity index is 520. The van der Waals surface area contributed by atoms with Crippen LogP contribution in [-0.4, -0.2) is 25.1 Å². The molecule has 2 rings (SSSR count). The second-order valence-corrected chi connectivity index (χ2v) is 5.65. The van der Waals surface area contributed by atoms with Gasteiger partial charge in [-0.25, -0.2) is 0 Å². The van der Waals surface area contributed by atoms with Crippen LogP contribution in [0.4, 0.5) is 14.5 Å². The Morgan fingerprint density at radius 1 is 1.43 bits per heavy atom. The molecule has 2 N–H and O–H groups in total. The van der Waals surface area contributed by atoms with Crippen LogP contribution in [0.5, 0.6) is 5.75 Å². The van der Waals surface area contributed by atoms with E-state index in [1.165, 1.54) is 12.1 Å². The molecule has 1 amide bonds. The zero-order valence-electron chi connectivity index (χ0n) is 11.1. The molecule has 0 spiro atoms. The van der Waals surface area contributed by atoms with Crippen LogP contribution < -0.4 is 15.4 Å². The van der Waals surface area contributed by atoms with E-state index in [2.05, 4.69) is 15.4 Å². The largest absolute Gasteiger partial charge is 0.432 e. The number of nitrogens with one attached hydrogen (secondary N) is 2. The summed E-state index contributed by atoms with van der Waals surface area (Å²) in [6.45, 7) is -0.268. The van der Waals surface area contributed by atoms with Gasteiger partial charge in [0.2, 0.25) is 5.91 Å². The fraction of sp³-hybridized carbons (Fsp3) is 0.462. The summed E-state index contributed by atoms with van der Waals surface area (Å²) < 4.78 is 28.7. The molecule has 1 fully saturated rings. The first-order valence-corrected chi connectivity index (χ1v) is 7.12. The van der Waals surface area contributed by atoms with E-state index in [0.29, 0.717) is 5.69 Å². The van der Waals surface area contributed by atoms with E-state index in [9.17, 15) is 13.6 Å². The quantitative estimate of drug-likeness (QED) is 0.882. The van der Waals surface area contributed by atoms with E-state index < -0.39 is 6.61 Å². The Balaban J connectivity index is 2.12. The average molecular weight is 339 g/mol. The third kappa shape index (κ3) is 3.96. The van der Waals surface area contributed by atoms with Crippen molar-refractivity contribution in [3.8, 4) is 5.75 Å². The average Bonchev–Trinajstić information content (AvgIpc) is 2.80. The van der Waals surface area contributed by atoms with Crippen LogP contribution in [0.15, 0.2) is 12.1 Å². The summed E-state index contributed by atoms with van der Waals surface area (Å²) in [7, 11) is 0. The third-order valence-corrected chi connectivity index (χ3v) is 3.85. The van der Waals surface area contributed by atoms with Crippen molar-refractivity contribution in [2.75, 3.05) is 11.9 Å². The second-order valence-electron chi connectivity index (χ2n) is 4.83. The van der Waals surface area contributed by atoms with Crippen LogP contribution in [0.3, 0.4) is 0 Å². The molecule has 4 nitrogen and oxygen atoms in total. The number of benzene rings is 1. The topological polar surface area (TPSA) is 50.4 Å². The molecule has 0 aliphatic carbocycles. The van der Waals surface area contributed by atoms with Gasteiger partial charge in [0.05, 0.1) is 16.1 Å². The van der Waals surface area contributed by atoms with E-state index in [1.54, 1.807) is 0 Å². The van der Waals surface area contributed by atoms with Crippen molar-refractivity contribution in [2.24, 2.45) is 5.92 Å². The number of halogens is 4. The molecule has 0 bridgehead atoms. The van der Waals surface area contributed by atoms with Gasteiger partial charge in [-0.15, -0.1) is 0 Å². The smallest absolute Gasteiger partial charge is 0.387 e. The highest BCUT2D eigenvalue weighted by Gasteiger charge is 2.29. The molecule has 1 aliphatic rings.